The number of nitrogens with one attached hydrogen (secondary N) is 1. The van der Waals surface area contributed by atoms with Crippen molar-refractivity contribution in [2.24, 2.45) is 5.92 Å². The Morgan fingerprint density at radius 2 is 1.80 bits per heavy atom. The van der Waals surface area contributed by atoms with Gasteiger partial charge in [-0.05, 0) is 23.8 Å². The van der Waals surface area contributed by atoms with Crippen LogP contribution in [0.5, 0.6) is 0 Å². The summed E-state index contributed by atoms with van der Waals surface area (Å²) in [5, 5.41) is 11.7. The van der Waals surface area contributed by atoms with E-state index in [1.54, 1.807) is 42.5 Å². The molecule has 1 atom stereocenters. The largest absolute Gasteiger partial charge is 0.325 e. The van der Waals surface area contributed by atoms with Crippen LogP contribution < -0.4 is 5.32 Å². The van der Waals surface area contributed by atoms with Gasteiger partial charge in [0, 0.05) is 12.1 Å². The van der Waals surface area contributed by atoms with Gasteiger partial charge in [-0.1, -0.05) is 36.4 Å². The highest BCUT2D eigenvalue weighted by Gasteiger charge is 2.20. The molecule has 0 aromatic heterocycles. The molecule has 0 fully saturated rings. The summed E-state index contributed by atoms with van der Waals surface area (Å²) in [7, 11) is 0. The molecule has 1 N–H and O–H groups in total. The molecule has 20 heavy (non-hydrogen) atoms. The maximum absolute atomic E-state index is 13.5. The number of nitriles is 1. The third-order valence-electron chi connectivity index (χ3n) is 2.90. The highest BCUT2D eigenvalue weighted by atomic mass is 19.1. The van der Waals surface area contributed by atoms with Gasteiger partial charge in [0.25, 0.3) is 0 Å². The van der Waals surface area contributed by atoms with Crippen LogP contribution in [0.4, 0.5) is 10.1 Å². The second-order valence-electron chi connectivity index (χ2n) is 4.33. The zero-order valence-electron chi connectivity index (χ0n) is 10.7. The standard InChI is InChI=1S/C16H13FN2O/c17-15-9-5-4-6-12(15)10-13(11-18)16(20)19-14-7-2-1-3-8-14/h1-9,13H,10H2,(H,19,20). The molecule has 0 spiro atoms. The monoisotopic (exact) mass is 268 g/mol. The lowest BCUT2D eigenvalue weighted by Gasteiger charge is -2.10. The molecule has 1 unspecified atom stereocenters. The molecule has 2 rings (SSSR count). The van der Waals surface area contributed by atoms with Crippen molar-refractivity contribution in [1.82, 2.24) is 0 Å². The lowest BCUT2D eigenvalue weighted by Crippen LogP contribution is -2.23. The minimum absolute atomic E-state index is 0.0574. The van der Waals surface area contributed by atoms with Crippen LogP contribution in [-0.4, -0.2) is 5.91 Å². The van der Waals surface area contributed by atoms with Crippen LogP contribution in [0.25, 0.3) is 0 Å². The first-order valence-corrected chi connectivity index (χ1v) is 6.19. The third kappa shape index (κ3) is 3.42. The van der Waals surface area contributed by atoms with Gasteiger partial charge in [0.1, 0.15) is 11.7 Å². The van der Waals surface area contributed by atoms with E-state index in [0.29, 0.717) is 11.3 Å². The molecule has 0 aliphatic heterocycles. The molecule has 0 aliphatic rings. The van der Waals surface area contributed by atoms with Crippen molar-refractivity contribution in [2.75, 3.05) is 5.32 Å². The van der Waals surface area contributed by atoms with E-state index in [1.807, 2.05) is 12.1 Å². The Labute approximate surface area is 116 Å². The number of amides is 1. The van der Waals surface area contributed by atoms with Crippen LogP contribution in [0.2, 0.25) is 0 Å². The summed E-state index contributed by atoms with van der Waals surface area (Å²) in [6.45, 7) is 0. The van der Waals surface area contributed by atoms with Crippen LogP contribution in [-0.2, 0) is 11.2 Å². The number of benzene rings is 2. The second kappa shape index (κ2) is 6.48. The quantitative estimate of drug-likeness (QED) is 0.926. The van der Waals surface area contributed by atoms with Crippen molar-refractivity contribution in [2.45, 2.75) is 6.42 Å². The topological polar surface area (TPSA) is 52.9 Å². The zero-order chi connectivity index (χ0) is 14.4. The lowest BCUT2D eigenvalue weighted by molar-refractivity contribution is -0.118. The minimum Gasteiger partial charge on any atom is -0.325 e. The van der Waals surface area contributed by atoms with Gasteiger partial charge in [0.05, 0.1) is 6.07 Å². The number of anilines is 1. The lowest BCUT2D eigenvalue weighted by atomic mass is 9.99. The van der Waals surface area contributed by atoms with E-state index in [-0.39, 0.29) is 6.42 Å². The summed E-state index contributed by atoms with van der Waals surface area (Å²) >= 11 is 0. The van der Waals surface area contributed by atoms with Crippen LogP contribution >= 0.6 is 0 Å². The van der Waals surface area contributed by atoms with E-state index in [4.69, 9.17) is 5.26 Å². The Morgan fingerprint density at radius 1 is 1.15 bits per heavy atom. The van der Waals surface area contributed by atoms with Gasteiger partial charge in [-0.15, -0.1) is 0 Å². The van der Waals surface area contributed by atoms with Crippen molar-refractivity contribution in [3.05, 3.63) is 66.0 Å². The van der Waals surface area contributed by atoms with Gasteiger partial charge in [-0.25, -0.2) is 4.39 Å². The smallest absolute Gasteiger partial charge is 0.242 e. The van der Waals surface area contributed by atoms with Crippen molar-refractivity contribution < 1.29 is 9.18 Å². The average Bonchev–Trinajstić information content (AvgIpc) is 2.47. The number of carbonyl (C=O) groups excluding carboxylic acids is 1. The summed E-state index contributed by atoms with van der Waals surface area (Å²) in [6.07, 6.45) is 0.0574. The van der Waals surface area contributed by atoms with E-state index < -0.39 is 17.6 Å². The SMILES string of the molecule is N#CC(Cc1ccccc1F)C(=O)Nc1ccccc1. The zero-order valence-corrected chi connectivity index (χ0v) is 10.7. The molecular weight excluding hydrogens is 255 g/mol. The summed E-state index contributed by atoms with van der Waals surface area (Å²) < 4.78 is 13.5. The molecule has 1 amide bonds. The normalized spacial score (nSPS) is 11.4. The molecule has 4 heteroatoms. The van der Waals surface area contributed by atoms with Crippen molar-refractivity contribution in [3.63, 3.8) is 0 Å². The van der Waals surface area contributed by atoms with E-state index in [1.165, 1.54) is 6.07 Å². The van der Waals surface area contributed by atoms with Gasteiger partial charge in [0.2, 0.25) is 5.91 Å². The molecule has 2 aromatic rings. The second-order valence-corrected chi connectivity index (χ2v) is 4.33. The fraction of sp³-hybridized carbons (Fsp3) is 0.125. The van der Waals surface area contributed by atoms with Gasteiger partial charge in [0.15, 0.2) is 0 Å². The van der Waals surface area contributed by atoms with Gasteiger partial charge in [-0.2, -0.15) is 5.26 Å². The molecule has 0 heterocycles. The third-order valence-corrected chi connectivity index (χ3v) is 2.90. The molecule has 0 saturated heterocycles. The molecule has 0 bridgehead atoms. The number of carbonyl (C=O) groups is 1. The van der Waals surface area contributed by atoms with Gasteiger partial charge < -0.3 is 5.32 Å². The highest BCUT2D eigenvalue weighted by molar-refractivity contribution is 5.94. The Kier molecular flexibility index (Phi) is 4.46. The van der Waals surface area contributed by atoms with E-state index in [9.17, 15) is 9.18 Å². The number of rotatable bonds is 4. The predicted octanol–water partition coefficient (Wildman–Crippen LogP) is 3.15. The number of hydrogen-bond acceptors (Lipinski definition) is 2. The number of hydrogen-bond donors (Lipinski definition) is 1. The molecule has 0 radical (unpaired) electrons. The molecular formula is C16H13FN2O. The van der Waals surface area contributed by atoms with Crippen LogP contribution in [0.1, 0.15) is 5.56 Å². The number of para-hydroxylation sites is 1. The van der Waals surface area contributed by atoms with Crippen LogP contribution in [0.3, 0.4) is 0 Å². The van der Waals surface area contributed by atoms with E-state index in [0.717, 1.165) is 0 Å². The number of nitrogens with zero attached hydrogens (tertiary/aromatic N) is 1. The predicted molar refractivity (Wildman–Crippen MR) is 74.3 cm³/mol. The Balaban J connectivity index is 2.07. The highest BCUT2D eigenvalue weighted by Crippen LogP contribution is 2.15. The first-order chi connectivity index (χ1) is 9.70. The first kappa shape index (κ1) is 13.8. The van der Waals surface area contributed by atoms with Crippen LogP contribution in [0.15, 0.2) is 54.6 Å². The van der Waals surface area contributed by atoms with Crippen molar-refractivity contribution in [3.8, 4) is 6.07 Å². The fourth-order valence-electron chi connectivity index (χ4n) is 1.83. The fourth-order valence-corrected chi connectivity index (χ4v) is 1.83. The summed E-state index contributed by atoms with van der Waals surface area (Å²) in [5.74, 6) is -1.76. The summed E-state index contributed by atoms with van der Waals surface area (Å²) in [6, 6.07) is 16.9. The van der Waals surface area contributed by atoms with E-state index >= 15 is 0 Å². The number of halogens is 1. The average molecular weight is 268 g/mol. The Hall–Kier alpha value is -2.67. The molecule has 0 saturated carbocycles. The Morgan fingerprint density at radius 3 is 2.45 bits per heavy atom. The summed E-state index contributed by atoms with van der Waals surface area (Å²) in [5.41, 5.74) is 0.980. The van der Waals surface area contributed by atoms with Gasteiger partial charge >= 0.3 is 0 Å². The first-order valence-electron chi connectivity index (χ1n) is 6.19. The van der Waals surface area contributed by atoms with Gasteiger partial charge in [-0.3, -0.25) is 4.79 Å². The van der Waals surface area contributed by atoms with Crippen LogP contribution in [0, 0.1) is 23.1 Å². The summed E-state index contributed by atoms with van der Waals surface area (Å²) in [4.78, 5) is 12.0. The molecule has 2 aromatic carbocycles. The molecule has 100 valence electrons. The maximum Gasteiger partial charge on any atom is 0.242 e. The minimum atomic E-state index is -0.924. The molecule has 0 aliphatic carbocycles. The van der Waals surface area contributed by atoms with E-state index in [2.05, 4.69) is 5.32 Å². The van der Waals surface area contributed by atoms with Crippen molar-refractivity contribution >= 4 is 11.6 Å². The Bertz CT molecular complexity index is 634. The maximum atomic E-state index is 13.5. The van der Waals surface area contributed by atoms with Crippen molar-refractivity contribution in [1.29, 1.82) is 5.26 Å². The molecule has 3 nitrogen and oxygen atoms in total.